The second kappa shape index (κ2) is 7.92. The Labute approximate surface area is 167 Å². The lowest BCUT2D eigenvalue weighted by atomic mass is 10.1. The number of rotatable bonds is 5. The number of halogens is 4. The van der Waals surface area contributed by atoms with Crippen LogP contribution < -0.4 is 0 Å². The number of ether oxygens (including phenoxy) is 1. The third kappa shape index (κ3) is 4.36. The van der Waals surface area contributed by atoms with Crippen LogP contribution in [0.5, 0.6) is 0 Å². The predicted octanol–water partition coefficient (Wildman–Crippen LogP) is 5.21. The molecule has 2 aromatic heterocycles. The van der Waals surface area contributed by atoms with Gasteiger partial charge in [0.1, 0.15) is 5.01 Å². The molecule has 0 aliphatic rings. The summed E-state index contributed by atoms with van der Waals surface area (Å²) >= 11 is 6.95. The number of carbonyl (C=O) groups is 1. The Morgan fingerprint density at radius 1 is 1.36 bits per heavy atom. The molecule has 0 radical (unpaired) electrons. The molecular formula is C18H15ClF3N3O2S. The third-order valence-corrected chi connectivity index (χ3v) is 5.26. The van der Waals surface area contributed by atoms with Gasteiger partial charge in [-0.3, -0.25) is 4.68 Å². The van der Waals surface area contributed by atoms with Crippen LogP contribution in [-0.4, -0.2) is 27.3 Å². The van der Waals surface area contributed by atoms with E-state index in [9.17, 15) is 18.0 Å². The first-order chi connectivity index (χ1) is 13.2. The number of hydrogen-bond acceptors (Lipinski definition) is 5. The van der Waals surface area contributed by atoms with Crippen molar-refractivity contribution in [1.29, 1.82) is 0 Å². The Morgan fingerprint density at radius 2 is 2.11 bits per heavy atom. The van der Waals surface area contributed by atoms with Crippen molar-refractivity contribution in [2.75, 3.05) is 6.61 Å². The average Bonchev–Trinajstić information content (AvgIpc) is 3.22. The van der Waals surface area contributed by atoms with Crippen LogP contribution in [0.1, 0.15) is 33.4 Å². The Bertz CT molecular complexity index is 1010. The van der Waals surface area contributed by atoms with E-state index in [1.165, 1.54) is 34.3 Å². The Hall–Kier alpha value is -2.39. The molecule has 0 amide bonds. The predicted molar refractivity (Wildman–Crippen MR) is 99.6 cm³/mol. The number of aryl methyl sites for hydroxylation is 1. The molecule has 0 unspecified atom stereocenters. The van der Waals surface area contributed by atoms with E-state index in [0.717, 1.165) is 10.9 Å². The Morgan fingerprint density at radius 3 is 2.79 bits per heavy atom. The van der Waals surface area contributed by atoms with Crippen LogP contribution in [0.2, 0.25) is 5.02 Å². The number of benzene rings is 1. The molecule has 0 N–H and O–H groups in total. The first kappa shape index (κ1) is 20.3. The smallest absolute Gasteiger partial charge is 0.417 e. The summed E-state index contributed by atoms with van der Waals surface area (Å²) in [6, 6.07) is 3.72. The van der Waals surface area contributed by atoms with E-state index in [1.807, 2.05) is 6.92 Å². The summed E-state index contributed by atoms with van der Waals surface area (Å²) in [6.07, 6.45) is -1.60. The normalized spacial score (nSPS) is 11.6. The summed E-state index contributed by atoms with van der Waals surface area (Å²) in [6.45, 7) is 4.08. The van der Waals surface area contributed by atoms with Gasteiger partial charge < -0.3 is 4.74 Å². The van der Waals surface area contributed by atoms with Gasteiger partial charge in [0.05, 0.1) is 41.2 Å². The first-order valence-electron chi connectivity index (χ1n) is 8.22. The van der Waals surface area contributed by atoms with Crippen LogP contribution in [0.4, 0.5) is 13.2 Å². The lowest BCUT2D eigenvalue weighted by Gasteiger charge is -2.09. The summed E-state index contributed by atoms with van der Waals surface area (Å²) in [4.78, 5) is 17.0. The van der Waals surface area contributed by atoms with E-state index in [4.69, 9.17) is 16.3 Å². The van der Waals surface area contributed by atoms with Crippen LogP contribution in [0.15, 0.2) is 30.6 Å². The Kier molecular flexibility index (Phi) is 5.76. The molecule has 0 aliphatic carbocycles. The summed E-state index contributed by atoms with van der Waals surface area (Å²) in [5, 5.41) is 4.21. The fourth-order valence-electron chi connectivity index (χ4n) is 2.50. The van der Waals surface area contributed by atoms with Gasteiger partial charge in [-0.15, -0.1) is 11.3 Å². The minimum Gasteiger partial charge on any atom is -0.462 e. The highest BCUT2D eigenvalue weighted by Gasteiger charge is 2.33. The van der Waals surface area contributed by atoms with Gasteiger partial charge in [-0.25, -0.2) is 9.78 Å². The molecule has 0 saturated carbocycles. The molecule has 10 heteroatoms. The van der Waals surface area contributed by atoms with Crippen molar-refractivity contribution in [2.24, 2.45) is 0 Å². The van der Waals surface area contributed by atoms with Crippen molar-refractivity contribution in [3.8, 4) is 10.6 Å². The van der Waals surface area contributed by atoms with Crippen molar-refractivity contribution in [1.82, 2.24) is 14.8 Å². The number of nitrogens with zero attached hydrogens (tertiary/aromatic N) is 3. The summed E-state index contributed by atoms with van der Waals surface area (Å²) in [7, 11) is 0. The lowest BCUT2D eigenvalue weighted by Crippen LogP contribution is -2.06. The maximum atomic E-state index is 13.1. The Balaban J connectivity index is 1.85. The number of esters is 1. The molecule has 1 aromatic carbocycles. The molecular weight excluding hydrogens is 415 g/mol. The molecule has 0 fully saturated rings. The molecule has 0 spiro atoms. The van der Waals surface area contributed by atoms with Crippen molar-refractivity contribution < 1.29 is 22.7 Å². The van der Waals surface area contributed by atoms with E-state index < -0.39 is 17.7 Å². The maximum Gasteiger partial charge on any atom is 0.417 e. The lowest BCUT2D eigenvalue weighted by molar-refractivity contribution is -0.137. The van der Waals surface area contributed by atoms with Crippen LogP contribution in [0.3, 0.4) is 0 Å². The molecule has 28 heavy (non-hydrogen) atoms. The molecule has 5 nitrogen and oxygen atoms in total. The SMILES string of the molecule is CCOC(=O)c1cnn(Cc2nc(-c3ccc(Cl)c(C(F)(F)F)c3)sc2C)c1. The average molecular weight is 430 g/mol. The zero-order valence-electron chi connectivity index (χ0n) is 14.9. The highest BCUT2D eigenvalue weighted by atomic mass is 35.5. The molecule has 2 heterocycles. The molecule has 148 valence electrons. The van der Waals surface area contributed by atoms with Gasteiger partial charge >= 0.3 is 12.1 Å². The van der Waals surface area contributed by atoms with Crippen molar-refractivity contribution >= 4 is 28.9 Å². The standard InChI is InChI=1S/C18H15ClF3N3O2S/c1-3-27-17(26)12-7-23-25(8-12)9-15-10(2)28-16(24-15)11-4-5-14(19)13(6-11)18(20,21)22/h4-8H,3,9H2,1-2H3. The number of aromatic nitrogens is 3. The molecule has 0 bridgehead atoms. The van der Waals surface area contributed by atoms with Gasteiger partial charge in [0.15, 0.2) is 0 Å². The number of hydrogen-bond donors (Lipinski definition) is 0. The van der Waals surface area contributed by atoms with Gasteiger partial charge in [0.25, 0.3) is 0 Å². The van der Waals surface area contributed by atoms with Crippen molar-refractivity contribution in [3.63, 3.8) is 0 Å². The zero-order chi connectivity index (χ0) is 20.5. The zero-order valence-corrected chi connectivity index (χ0v) is 16.5. The quantitative estimate of drug-likeness (QED) is 0.522. The second-order valence-corrected chi connectivity index (χ2v) is 7.47. The molecule has 0 atom stereocenters. The van der Waals surface area contributed by atoms with Crippen LogP contribution >= 0.6 is 22.9 Å². The van der Waals surface area contributed by atoms with Crippen LogP contribution in [-0.2, 0) is 17.5 Å². The maximum absolute atomic E-state index is 13.1. The second-order valence-electron chi connectivity index (χ2n) is 5.86. The summed E-state index contributed by atoms with van der Waals surface area (Å²) in [5.41, 5.74) is 0.417. The minimum atomic E-state index is -4.54. The molecule has 0 aliphatic heterocycles. The van der Waals surface area contributed by atoms with E-state index in [-0.39, 0.29) is 18.2 Å². The van der Waals surface area contributed by atoms with Gasteiger partial charge in [0, 0.05) is 16.6 Å². The number of carbonyl (C=O) groups excluding carboxylic acids is 1. The van der Waals surface area contributed by atoms with E-state index in [2.05, 4.69) is 10.1 Å². The van der Waals surface area contributed by atoms with Crippen LogP contribution in [0.25, 0.3) is 10.6 Å². The van der Waals surface area contributed by atoms with E-state index >= 15 is 0 Å². The van der Waals surface area contributed by atoms with Gasteiger partial charge in [-0.2, -0.15) is 18.3 Å². The summed E-state index contributed by atoms with van der Waals surface area (Å²) in [5.74, 6) is -0.467. The third-order valence-electron chi connectivity index (χ3n) is 3.87. The highest BCUT2D eigenvalue weighted by molar-refractivity contribution is 7.15. The van der Waals surface area contributed by atoms with E-state index in [0.29, 0.717) is 21.8 Å². The van der Waals surface area contributed by atoms with Gasteiger partial charge in [-0.1, -0.05) is 17.7 Å². The fourth-order valence-corrected chi connectivity index (χ4v) is 3.64. The van der Waals surface area contributed by atoms with Crippen LogP contribution in [0, 0.1) is 6.92 Å². The first-order valence-corrected chi connectivity index (χ1v) is 9.41. The minimum absolute atomic E-state index is 0.263. The number of thiazole rings is 1. The highest BCUT2D eigenvalue weighted by Crippen LogP contribution is 2.38. The van der Waals surface area contributed by atoms with Crippen molar-refractivity contribution in [2.45, 2.75) is 26.6 Å². The number of alkyl halides is 3. The fraction of sp³-hybridized carbons (Fsp3) is 0.278. The van der Waals surface area contributed by atoms with Crippen molar-refractivity contribution in [3.05, 3.63) is 57.3 Å². The summed E-state index contributed by atoms with van der Waals surface area (Å²) < 4.78 is 45.7. The monoisotopic (exact) mass is 429 g/mol. The molecule has 3 aromatic rings. The molecule has 3 rings (SSSR count). The van der Waals surface area contributed by atoms with Gasteiger partial charge in [-0.05, 0) is 26.0 Å². The topological polar surface area (TPSA) is 57.0 Å². The van der Waals surface area contributed by atoms with Gasteiger partial charge in [0.2, 0.25) is 0 Å². The molecule has 0 saturated heterocycles. The van der Waals surface area contributed by atoms with E-state index in [1.54, 1.807) is 13.1 Å². The largest absolute Gasteiger partial charge is 0.462 e.